The van der Waals surface area contributed by atoms with Crippen LogP contribution in [0, 0.1) is 5.82 Å². The van der Waals surface area contributed by atoms with E-state index in [4.69, 9.17) is 9.47 Å². The summed E-state index contributed by atoms with van der Waals surface area (Å²) in [5.74, 6) is -6.68. The van der Waals surface area contributed by atoms with Gasteiger partial charge in [0.25, 0.3) is 17.7 Å². The maximum atomic E-state index is 15.0. The third kappa shape index (κ3) is 7.05. The third-order valence-corrected chi connectivity index (χ3v) is 7.42. The number of methoxy groups -OCH3 is 1. The number of fused-ring (bicyclic) bond motifs is 1. The van der Waals surface area contributed by atoms with Crippen molar-refractivity contribution in [2.45, 2.75) is 68.4 Å². The summed E-state index contributed by atoms with van der Waals surface area (Å²) in [5, 5.41) is 4.48. The number of amides is 3. The highest BCUT2D eigenvalue weighted by Gasteiger charge is 2.58. The highest BCUT2D eigenvalue weighted by atomic mass is 32.2. The molecule has 0 bridgehead atoms. The lowest BCUT2D eigenvalue weighted by Crippen LogP contribution is -2.50. The number of halogens is 6. The Bertz CT molecular complexity index is 1410. The Hall–Kier alpha value is -3.62. The van der Waals surface area contributed by atoms with Crippen LogP contribution >= 0.6 is 11.8 Å². The molecule has 1 aliphatic carbocycles. The molecule has 0 saturated heterocycles. The van der Waals surface area contributed by atoms with Crippen molar-refractivity contribution in [2.75, 3.05) is 17.8 Å². The van der Waals surface area contributed by atoms with Gasteiger partial charge in [0.1, 0.15) is 23.2 Å². The van der Waals surface area contributed by atoms with Gasteiger partial charge in [0.2, 0.25) is 0 Å². The van der Waals surface area contributed by atoms with Gasteiger partial charge in [-0.3, -0.25) is 9.59 Å². The number of nitrogens with one attached hydrogen (secondary N) is 2. The van der Waals surface area contributed by atoms with Crippen LogP contribution < -0.4 is 20.3 Å². The molecule has 42 heavy (non-hydrogen) atoms. The van der Waals surface area contributed by atoms with Crippen molar-refractivity contribution in [1.82, 2.24) is 10.6 Å². The maximum absolute atomic E-state index is 15.0. The Morgan fingerprint density at radius 2 is 1.79 bits per heavy atom. The van der Waals surface area contributed by atoms with E-state index in [1.54, 1.807) is 20.8 Å². The minimum Gasteiger partial charge on any atom is -0.496 e. The Balaban J connectivity index is 1.74. The van der Waals surface area contributed by atoms with Crippen LogP contribution in [0.3, 0.4) is 0 Å². The average Bonchev–Trinajstić information content (AvgIpc) is 3.50. The summed E-state index contributed by atoms with van der Waals surface area (Å²) < 4.78 is 92.9. The van der Waals surface area contributed by atoms with E-state index >= 15 is 4.39 Å². The number of anilines is 1. The van der Waals surface area contributed by atoms with Crippen molar-refractivity contribution < 1.29 is 50.2 Å². The highest BCUT2D eigenvalue weighted by Crippen LogP contribution is 2.43. The number of carbonyl (C=O) groups is 3. The van der Waals surface area contributed by atoms with Gasteiger partial charge in [0, 0.05) is 17.1 Å². The first-order valence-electron chi connectivity index (χ1n) is 12.6. The number of alkyl carbamates (subject to hydrolysis) is 1. The fraction of sp³-hybridized carbons (Fsp3) is 0.444. The molecule has 228 valence electrons. The van der Waals surface area contributed by atoms with E-state index in [-0.39, 0.29) is 21.9 Å². The van der Waals surface area contributed by atoms with Gasteiger partial charge in [-0.15, -0.1) is 11.8 Å². The van der Waals surface area contributed by atoms with E-state index in [0.717, 1.165) is 48.0 Å². The highest BCUT2D eigenvalue weighted by molar-refractivity contribution is 7.99. The van der Waals surface area contributed by atoms with Crippen molar-refractivity contribution in [3.8, 4) is 5.75 Å². The predicted molar refractivity (Wildman–Crippen MR) is 140 cm³/mol. The molecule has 2 aromatic carbocycles. The summed E-state index contributed by atoms with van der Waals surface area (Å²) in [6.07, 6.45) is -6.34. The van der Waals surface area contributed by atoms with E-state index in [1.807, 2.05) is 5.32 Å². The molecule has 1 fully saturated rings. The van der Waals surface area contributed by atoms with Gasteiger partial charge in [0.05, 0.1) is 36.5 Å². The fourth-order valence-corrected chi connectivity index (χ4v) is 5.25. The number of carbonyl (C=O) groups excluding carboxylic acids is 3. The number of benzene rings is 2. The summed E-state index contributed by atoms with van der Waals surface area (Å²) in [7, 11) is 1.07. The molecule has 2 atom stereocenters. The minimum atomic E-state index is -4.79. The molecule has 2 N–H and O–H groups in total. The second-order valence-corrected chi connectivity index (χ2v) is 11.8. The van der Waals surface area contributed by atoms with Gasteiger partial charge in [-0.25, -0.2) is 18.0 Å². The molecular weight excluding hydrogens is 592 g/mol. The summed E-state index contributed by atoms with van der Waals surface area (Å²) in [6.45, 7) is 4.33. The van der Waals surface area contributed by atoms with E-state index < -0.39 is 83.4 Å². The zero-order chi connectivity index (χ0) is 31.2. The second kappa shape index (κ2) is 11.2. The predicted octanol–water partition coefficient (Wildman–Crippen LogP) is 5.52. The van der Waals surface area contributed by atoms with E-state index in [9.17, 15) is 36.3 Å². The molecule has 8 nitrogen and oxygen atoms in total. The Morgan fingerprint density at radius 1 is 1.12 bits per heavy atom. The normalized spacial score (nSPS) is 19.9. The monoisotopic (exact) mass is 619 g/mol. The molecule has 0 aromatic heterocycles. The average molecular weight is 620 g/mol. The number of thioether (sulfide) groups is 1. The van der Waals surface area contributed by atoms with Crippen LogP contribution in [0.5, 0.6) is 5.75 Å². The van der Waals surface area contributed by atoms with E-state index in [0.29, 0.717) is 0 Å². The first-order chi connectivity index (χ1) is 19.4. The first-order valence-corrected chi connectivity index (χ1v) is 13.6. The zero-order valence-electron chi connectivity index (χ0n) is 22.8. The molecule has 0 radical (unpaired) electrons. The largest absolute Gasteiger partial charge is 0.496 e. The van der Waals surface area contributed by atoms with Crippen molar-refractivity contribution in [3.05, 3.63) is 52.8 Å². The first kappa shape index (κ1) is 31.3. The smallest absolute Gasteiger partial charge is 0.419 e. The van der Waals surface area contributed by atoms with Crippen LogP contribution in [0.25, 0.3) is 0 Å². The molecule has 1 aliphatic heterocycles. The van der Waals surface area contributed by atoms with Gasteiger partial charge in [0.15, 0.2) is 0 Å². The van der Waals surface area contributed by atoms with E-state index in [1.165, 1.54) is 6.07 Å². The van der Waals surface area contributed by atoms with Gasteiger partial charge < -0.3 is 25.0 Å². The summed E-state index contributed by atoms with van der Waals surface area (Å²) in [5.41, 5.74) is -2.71. The van der Waals surface area contributed by atoms with E-state index in [2.05, 4.69) is 5.32 Å². The second-order valence-electron chi connectivity index (χ2n) is 10.8. The van der Waals surface area contributed by atoms with Crippen molar-refractivity contribution >= 4 is 35.4 Å². The molecule has 1 saturated carbocycles. The molecule has 1 unspecified atom stereocenters. The van der Waals surface area contributed by atoms with Gasteiger partial charge >= 0.3 is 12.3 Å². The SMILES string of the molecule is COc1ccc(CN2C(=O)[C@@H](NC(=O)OC(C)(C)C)CSc3cc(F)c(C(=O)NC4CC4(F)F)cc32)cc1C(F)(F)F. The summed E-state index contributed by atoms with van der Waals surface area (Å²) in [6, 6.07) is 2.33. The minimum absolute atomic E-state index is 0.00158. The van der Waals surface area contributed by atoms with Gasteiger partial charge in [-0.1, -0.05) is 6.07 Å². The van der Waals surface area contributed by atoms with Crippen LogP contribution in [0.2, 0.25) is 0 Å². The molecule has 3 amide bonds. The molecule has 15 heteroatoms. The van der Waals surface area contributed by atoms with Gasteiger partial charge in [-0.2, -0.15) is 13.2 Å². The number of rotatable bonds is 6. The maximum Gasteiger partial charge on any atom is 0.419 e. The summed E-state index contributed by atoms with van der Waals surface area (Å²) >= 11 is 0.945. The molecule has 2 aliphatic rings. The van der Waals surface area contributed by atoms with Crippen molar-refractivity contribution in [3.63, 3.8) is 0 Å². The summed E-state index contributed by atoms with van der Waals surface area (Å²) in [4.78, 5) is 40.1. The number of alkyl halides is 5. The molecule has 1 heterocycles. The zero-order valence-corrected chi connectivity index (χ0v) is 23.6. The van der Waals surface area contributed by atoms with Crippen LogP contribution in [0.4, 0.5) is 36.8 Å². The van der Waals surface area contributed by atoms with Gasteiger partial charge in [-0.05, 0) is 50.6 Å². The Kier molecular flexibility index (Phi) is 8.37. The van der Waals surface area contributed by atoms with Crippen molar-refractivity contribution in [2.24, 2.45) is 0 Å². The Labute approximate surface area is 241 Å². The third-order valence-electron chi connectivity index (χ3n) is 6.29. The topological polar surface area (TPSA) is 97.0 Å². The lowest BCUT2D eigenvalue weighted by molar-refractivity contribution is -0.138. The molecule has 4 rings (SSSR count). The Morgan fingerprint density at radius 3 is 2.36 bits per heavy atom. The van der Waals surface area contributed by atoms with Crippen LogP contribution in [0.15, 0.2) is 35.2 Å². The molecular formula is C27H27F6N3O5S. The van der Waals surface area contributed by atoms with Crippen molar-refractivity contribution in [1.29, 1.82) is 0 Å². The molecule has 0 spiro atoms. The van der Waals surface area contributed by atoms with Crippen LogP contribution in [-0.4, -0.2) is 54.4 Å². The fourth-order valence-electron chi connectivity index (χ4n) is 4.18. The van der Waals surface area contributed by atoms with Crippen LogP contribution in [0.1, 0.15) is 48.7 Å². The quantitative estimate of drug-likeness (QED) is 0.414. The number of hydrogen-bond acceptors (Lipinski definition) is 6. The number of nitrogens with zero attached hydrogens (tertiary/aromatic N) is 1. The lowest BCUT2D eigenvalue weighted by atomic mass is 10.1. The number of ether oxygens (including phenoxy) is 2. The standard InChI is InChI=1S/C27H27F6N3O5S/c1-25(2,3)41-24(39)34-17-12-42-20-9-16(28)14(22(37)35-21-10-26(21,29)30)8-18(20)36(23(17)38)11-13-5-6-19(40-4)15(7-13)27(31,32)33/h5-9,17,21H,10-12H2,1-4H3,(H,34,39)(H,35,37)/t17-,21?/m0/s1. The number of hydrogen-bond donors (Lipinski definition) is 2. The lowest BCUT2D eigenvalue weighted by Gasteiger charge is -2.28. The molecule has 2 aromatic rings. The van der Waals surface area contributed by atoms with Crippen LogP contribution in [-0.2, 0) is 22.3 Å².